The number of benzene rings is 2. The van der Waals surface area contributed by atoms with E-state index in [0.29, 0.717) is 12.1 Å². The summed E-state index contributed by atoms with van der Waals surface area (Å²) in [6.07, 6.45) is 2.16. The molecule has 3 aromatic rings. The van der Waals surface area contributed by atoms with Crippen molar-refractivity contribution in [2.45, 2.75) is 19.4 Å². The van der Waals surface area contributed by atoms with Gasteiger partial charge in [0.2, 0.25) is 0 Å². The predicted octanol–water partition coefficient (Wildman–Crippen LogP) is 5.59. The van der Waals surface area contributed by atoms with Crippen LogP contribution in [-0.2, 0) is 14.3 Å². The third kappa shape index (κ3) is 5.03. The zero-order chi connectivity index (χ0) is 26.7. The number of esters is 1. The van der Waals surface area contributed by atoms with Crippen molar-refractivity contribution < 1.29 is 29.0 Å². The lowest BCUT2D eigenvalue weighted by atomic mass is 9.98. The molecule has 0 bridgehead atoms. The van der Waals surface area contributed by atoms with Crippen LogP contribution >= 0.6 is 23.2 Å². The summed E-state index contributed by atoms with van der Waals surface area (Å²) in [5.74, 6) is -2.68. The molecule has 1 unspecified atom stereocenters. The average Bonchev–Trinajstić information content (AvgIpc) is 3.17. The van der Waals surface area contributed by atoms with Crippen LogP contribution in [0.1, 0.15) is 41.0 Å². The van der Waals surface area contributed by atoms with E-state index in [9.17, 15) is 19.5 Å². The van der Waals surface area contributed by atoms with Gasteiger partial charge in [-0.2, -0.15) is 0 Å². The summed E-state index contributed by atoms with van der Waals surface area (Å²) >= 11 is 12.5. The van der Waals surface area contributed by atoms with Gasteiger partial charge in [-0.25, -0.2) is 4.79 Å². The molecule has 1 atom stereocenters. The van der Waals surface area contributed by atoms with Gasteiger partial charge in [0.15, 0.2) is 5.75 Å². The molecular formula is C27H22Cl2N2O6. The number of aromatic nitrogens is 1. The van der Waals surface area contributed by atoms with Crippen molar-refractivity contribution >= 4 is 52.3 Å². The molecule has 4 rings (SSSR count). The molecule has 10 heteroatoms. The number of nitrogens with zero attached hydrogens (tertiary/aromatic N) is 2. The van der Waals surface area contributed by atoms with Crippen molar-refractivity contribution in [2.24, 2.45) is 0 Å². The Balaban J connectivity index is 1.88. The van der Waals surface area contributed by atoms with Crippen molar-refractivity contribution in [1.29, 1.82) is 0 Å². The summed E-state index contributed by atoms with van der Waals surface area (Å²) < 4.78 is 10.4. The Bertz CT molecular complexity index is 1380. The molecule has 1 aliphatic rings. The highest BCUT2D eigenvalue weighted by atomic mass is 35.5. The summed E-state index contributed by atoms with van der Waals surface area (Å²) in [5, 5.41) is 11.5. The Morgan fingerprint density at radius 2 is 1.78 bits per heavy atom. The number of methoxy groups -OCH3 is 1. The molecule has 8 nitrogen and oxygen atoms in total. The van der Waals surface area contributed by atoms with E-state index in [-0.39, 0.29) is 44.8 Å². The fourth-order valence-corrected chi connectivity index (χ4v) is 4.67. The molecule has 37 heavy (non-hydrogen) atoms. The van der Waals surface area contributed by atoms with Crippen LogP contribution in [0.25, 0.3) is 5.76 Å². The Hall–Kier alpha value is -3.88. The number of ketones is 1. The summed E-state index contributed by atoms with van der Waals surface area (Å²) in [6.45, 7) is 2.12. The van der Waals surface area contributed by atoms with Gasteiger partial charge in [0.25, 0.3) is 11.7 Å². The molecule has 1 aliphatic heterocycles. The lowest BCUT2D eigenvalue weighted by Gasteiger charge is -2.25. The van der Waals surface area contributed by atoms with E-state index in [0.717, 1.165) is 0 Å². The number of ether oxygens (including phenoxy) is 2. The van der Waals surface area contributed by atoms with Gasteiger partial charge in [0, 0.05) is 17.4 Å². The number of aliphatic hydroxyl groups is 1. The van der Waals surface area contributed by atoms with Gasteiger partial charge in [0.1, 0.15) is 11.8 Å². The van der Waals surface area contributed by atoms with E-state index in [1.54, 1.807) is 36.4 Å². The molecular weight excluding hydrogens is 519 g/mol. The Morgan fingerprint density at radius 1 is 1.05 bits per heavy atom. The van der Waals surface area contributed by atoms with E-state index in [1.807, 2.05) is 6.92 Å². The van der Waals surface area contributed by atoms with E-state index in [1.165, 1.54) is 36.4 Å². The maximum absolute atomic E-state index is 13.3. The highest BCUT2D eigenvalue weighted by Gasteiger charge is 2.47. The van der Waals surface area contributed by atoms with Gasteiger partial charge in [-0.15, -0.1) is 0 Å². The number of Topliss-reactive ketones (excluding diaryl/α,β-unsaturated/α-hetero) is 1. The number of pyridine rings is 1. The monoisotopic (exact) mass is 540 g/mol. The Morgan fingerprint density at radius 3 is 2.41 bits per heavy atom. The number of carbonyl (C=O) groups excluding carboxylic acids is 3. The molecule has 1 saturated heterocycles. The molecule has 0 aliphatic carbocycles. The second-order valence-electron chi connectivity index (χ2n) is 8.08. The van der Waals surface area contributed by atoms with Gasteiger partial charge < -0.3 is 14.6 Å². The number of hydrogen-bond donors (Lipinski definition) is 1. The van der Waals surface area contributed by atoms with Crippen LogP contribution in [0, 0.1) is 0 Å². The first kappa shape index (κ1) is 26.2. The van der Waals surface area contributed by atoms with Gasteiger partial charge in [-0.05, 0) is 48.9 Å². The number of carbonyl (C=O) groups is 3. The molecule has 1 N–H and O–H groups in total. The minimum absolute atomic E-state index is 0.110. The van der Waals surface area contributed by atoms with Gasteiger partial charge in [-0.3, -0.25) is 19.5 Å². The first-order valence-electron chi connectivity index (χ1n) is 11.3. The summed E-state index contributed by atoms with van der Waals surface area (Å²) in [7, 11) is 1.39. The van der Waals surface area contributed by atoms with Crippen molar-refractivity contribution in [1.82, 2.24) is 4.98 Å². The lowest BCUT2D eigenvalue weighted by molar-refractivity contribution is -0.132. The fraction of sp³-hybridized carbons (Fsp3) is 0.185. The molecule has 0 saturated carbocycles. The van der Waals surface area contributed by atoms with E-state index < -0.39 is 29.5 Å². The van der Waals surface area contributed by atoms with Gasteiger partial charge >= 0.3 is 5.97 Å². The van der Waals surface area contributed by atoms with E-state index in [4.69, 9.17) is 32.7 Å². The minimum atomic E-state index is -1.09. The molecule has 0 spiro atoms. The zero-order valence-corrected chi connectivity index (χ0v) is 21.4. The molecule has 2 heterocycles. The van der Waals surface area contributed by atoms with E-state index in [2.05, 4.69) is 4.98 Å². The smallest absolute Gasteiger partial charge is 0.338 e. The lowest BCUT2D eigenvalue weighted by Crippen LogP contribution is -2.30. The van der Waals surface area contributed by atoms with Crippen LogP contribution < -0.4 is 9.64 Å². The summed E-state index contributed by atoms with van der Waals surface area (Å²) in [4.78, 5) is 44.6. The van der Waals surface area contributed by atoms with Crippen LogP contribution in [-0.4, -0.2) is 41.5 Å². The largest absolute Gasteiger partial charge is 0.507 e. The molecule has 1 aromatic heterocycles. The van der Waals surface area contributed by atoms with Crippen LogP contribution in [0.4, 0.5) is 5.69 Å². The highest BCUT2D eigenvalue weighted by Crippen LogP contribution is 2.43. The average molecular weight is 541 g/mol. The second-order valence-corrected chi connectivity index (χ2v) is 8.90. The molecule has 0 radical (unpaired) electrons. The van der Waals surface area contributed by atoms with Crippen LogP contribution in [0.15, 0.2) is 66.4 Å². The highest BCUT2D eigenvalue weighted by molar-refractivity contribution is 6.51. The van der Waals surface area contributed by atoms with Crippen LogP contribution in [0.2, 0.25) is 10.0 Å². The number of anilines is 1. The van der Waals surface area contributed by atoms with Crippen molar-refractivity contribution in [3.63, 3.8) is 0 Å². The Kier molecular flexibility index (Phi) is 7.80. The third-order valence-corrected chi connectivity index (χ3v) is 6.25. The minimum Gasteiger partial charge on any atom is -0.507 e. The quantitative estimate of drug-likeness (QED) is 0.180. The summed E-state index contributed by atoms with van der Waals surface area (Å²) in [5.41, 5.74) is 0.703. The van der Waals surface area contributed by atoms with Crippen molar-refractivity contribution in [3.8, 4) is 5.75 Å². The SMILES string of the molecule is CCCOC(=O)c1cccc(N2C(=O)C(=O)/C(=C(/O)c3cc(Cl)c(OC)c(Cl)c3)C2c2ccccn2)c1. The van der Waals surface area contributed by atoms with Gasteiger partial charge in [0.05, 0.1) is 40.6 Å². The standard InChI is InChI=1S/C27H22Cl2N2O6/c1-3-11-37-27(35)15-7-6-8-17(12-15)31-22(20-9-4-5-10-30-20)21(24(33)26(31)34)23(32)16-13-18(28)25(36-2)19(29)14-16/h4-10,12-14,22,32H,3,11H2,1-2H3/b23-21+. The first-order valence-corrected chi connectivity index (χ1v) is 12.1. The topological polar surface area (TPSA) is 106 Å². The van der Waals surface area contributed by atoms with E-state index >= 15 is 0 Å². The number of aliphatic hydroxyl groups excluding tert-OH is 1. The maximum Gasteiger partial charge on any atom is 0.338 e. The fourth-order valence-electron chi connectivity index (χ4n) is 4.02. The number of rotatable bonds is 7. The molecule has 1 amide bonds. The zero-order valence-electron chi connectivity index (χ0n) is 19.9. The van der Waals surface area contributed by atoms with Crippen molar-refractivity contribution in [3.05, 3.63) is 93.2 Å². The van der Waals surface area contributed by atoms with Crippen LogP contribution in [0.5, 0.6) is 5.75 Å². The normalized spacial score (nSPS) is 16.6. The molecule has 2 aromatic carbocycles. The third-order valence-electron chi connectivity index (χ3n) is 5.69. The summed E-state index contributed by atoms with van der Waals surface area (Å²) in [6, 6.07) is 12.9. The molecule has 190 valence electrons. The maximum atomic E-state index is 13.3. The number of amides is 1. The number of halogens is 2. The van der Waals surface area contributed by atoms with Gasteiger partial charge in [-0.1, -0.05) is 42.3 Å². The number of hydrogen-bond acceptors (Lipinski definition) is 7. The second kappa shape index (κ2) is 11.0. The Labute approximate surface area is 223 Å². The molecule has 1 fully saturated rings. The van der Waals surface area contributed by atoms with Crippen molar-refractivity contribution in [2.75, 3.05) is 18.6 Å². The van der Waals surface area contributed by atoms with Crippen LogP contribution in [0.3, 0.4) is 0 Å². The predicted molar refractivity (Wildman–Crippen MR) is 139 cm³/mol. The first-order chi connectivity index (χ1) is 17.8.